The van der Waals surface area contributed by atoms with E-state index >= 15 is 0 Å². The molecule has 7 heteroatoms. The number of piperidine rings is 1. The van der Waals surface area contributed by atoms with Crippen molar-refractivity contribution in [2.24, 2.45) is 0 Å². The van der Waals surface area contributed by atoms with Crippen LogP contribution in [-0.4, -0.2) is 37.3 Å². The molecule has 1 aliphatic rings. The summed E-state index contributed by atoms with van der Waals surface area (Å²) in [7, 11) is 0. The second-order valence-corrected chi connectivity index (χ2v) is 5.24. The second-order valence-electron chi connectivity index (χ2n) is 5.24. The van der Waals surface area contributed by atoms with Gasteiger partial charge in [-0.15, -0.1) is 0 Å². The fourth-order valence-corrected chi connectivity index (χ4v) is 2.71. The topological polar surface area (TPSA) is 83.9 Å². The van der Waals surface area contributed by atoms with Gasteiger partial charge in [0.25, 0.3) is 0 Å². The van der Waals surface area contributed by atoms with Crippen LogP contribution in [0.5, 0.6) is 0 Å². The summed E-state index contributed by atoms with van der Waals surface area (Å²) in [4.78, 5) is 30.6. The lowest BCUT2D eigenvalue weighted by Crippen LogP contribution is -2.37. The van der Waals surface area contributed by atoms with Crippen LogP contribution in [0, 0.1) is 0 Å². The highest BCUT2D eigenvalue weighted by Crippen LogP contribution is 2.30. The Morgan fingerprint density at radius 3 is 2.95 bits per heavy atom. The van der Waals surface area contributed by atoms with Gasteiger partial charge in [0, 0.05) is 32.1 Å². The Balaban J connectivity index is 1.82. The van der Waals surface area contributed by atoms with Crippen LogP contribution < -0.4 is 5.32 Å². The maximum absolute atomic E-state index is 11.8. The molecule has 2 aromatic rings. The fourth-order valence-electron chi connectivity index (χ4n) is 2.71. The number of carbonyl (C=O) groups is 1. The Labute approximate surface area is 128 Å². The summed E-state index contributed by atoms with van der Waals surface area (Å²) in [6.07, 6.45) is 9.60. The molecule has 0 aromatic carbocycles. The molecule has 3 rings (SSSR count). The van der Waals surface area contributed by atoms with E-state index in [1.807, 2.05) is 11.0 Å². The largest absolute Gasteiger partial charge is 0.334 e. The van der Waals surface area contributed by atoms with E-state index in [1.54, 1.807) is 31.7 Å². The van der Waals surface area contributed by atoms with E-state index in [9.17, 15) is 4.79 Å². The van der Waals surface area contributed by atoms with Crippen LogP contribution in [0.25, 0.3) is 0 Å². The average molecular weight is 298 g/mol. The number of nitrogens with one attached hydrogen (secondary N) is 1. The predicted octanol–water partition coefficient (Wildman–Crippen LogP) is 2.08. The van der Waals surface area contributed by atoms with Gasteiger partial charge < -0.3 is 10.2 Å². The molecular formula is C15H18N6O. The summed E-state index contributed by atoms with van der Waals surface area (Å²) in [5, 5.41) is 3.03. The van der Waals surface area contributed by atoms with Gasteiger partial charge in [0.2, 0.25) is 11.9 Å². The van der Waals surface area contributed by atoms with Gasteiger partial charge in [-0.05, 0) is 25.3 Å². The standard InChI is InChI=1S/C15H18N6O/c1-11(22)21-9-3-2-4-13(21)12-5-6-18-15(19-12)20-14-10-16-7-8-17-14/h5-8,10,13H,2-4,9H2,1H3,(H,17,18,19,20). The first-order valence-electron chi connectivity index (χ1n) is 7.37. The SMILES string of the molecule is CC(=O)N1CCCCC1c1ccnc(Nc2cnccn2)n1. The summed E-state index contributed by atoms with van der Waals surface area (Å²) >= 11 is 0. The van der Waals surface area contributed by atoms with Gasteiger partial charge in [0.1, 0.15) is 0 Å². The number of amides is 1. The Bertz CT molecular complexity index is 647. The highest BCUT2D eigenvalue weighted by Gasteiger charge is 2.27. The fraction of sp³-hybridized carbons (Fsp3) is 0.400. The summed E-state index contributed by atoms with van der Waals surface area (Å²) < 4.78 is 0. The molecule has 114 valence electrons. The van der Waals surface area contributed by atoms with E-state index < -0.39 is 0 Å². The lowest BCUT2D eigenvalue weighted by atomic mass is 9.99. The second kappa shape index (κ2) is 6.46. The molecule has 3 heterocycles. The van der Waals surface area contributed by atoms with Crippen LogP contribution in [0.4, 0.5) is 11.8 Å². The van der Waals surface area contributed by atoms with E-state index in [2.05, 4.69) is 25.3 Å². The summed E-state index contributed by atoms with van der Waals surface area (Å²) in [5.41, 5.74) is 0.858. The molecule has 0 radical (unpaired) electrons. The molecule has 1 N–H and O–H groups in total. The number of rotatable bonds is 3. The number of carbonyl (C=O) groups excluding carboxylic acids is 1. The number of hydrogen-bond donors (Lipinski definition) is 1. The van der Waals surface area contributed by atoms with E-state index in [-0.39, 0.29) is 11.9 Å². The predicted molar refractivity (Wildman–Crippen MR) is 81.3 cm³/mol. The number of nitrogens with zero attached hydrogens (tertiary/aromatic N) is 5. The van der Waals surface area contributed by atoms with Gasteiger partial charge in [0.15, 0.2) is 5.82 Å². The van der Waals surface area contributed by atoms with Crippen LogP contribution in [-0.2, 0) is 4.79 Å². The van der Waals surface area contributed by atoms with Crippen molar-refractivity contribution in [1.82, 2.24) is 24.8 Å². The van der Waals surface area contributed by atoms with Crippen molar-refractivity contribution in [2.45, 2.75) is 32.2 Å². The molecule has 22 heavy (non-hydrogen) atoms. The minimum Gasteiger partial charge on any atom is -0.334 e. The van der Waals surface area contributed by atoms with Crippen LogP contribution in [0.3, 0.4) is 0 Å². The first-order chi connectivity index (χ1) is 10.7. The molecular weight excluding hydrogens is 280 g/mol. The molecule has 1 atom stereocenters. The monoisotopic (exact) mass is 298 g/mol. The van der Waals surface area contributed by atoms with Gasteiger partial charge in [-0.25, -0.2) is 15.0 Å². The van der Waals surface area contributed by atoms with E-state index in [1.165, 1.54) is 0 Å². The third-order valence-corrected chi connectivity index (χ3v) is 3.73. The van der Waals surface area contributed by atoms with Crippen molar-refractivity contribution >= 4 is 17.7 Å². The maximum Gasteiger partial charge on any atom is 0.228 e. The minimum atomic E-state index is 0.0247. The third-order valence-electron chi connectivity index (χ3n) is 3.73. The van der Waals surface area contributed by atoms with Gasteiger partial charge in [-0.1, -0.05) is 0 Å². The number of hydrogen-bond acceptors (Lipinski definition) is 6. The lowest BCUT2D eigenvalue weighted by Gasteiger charge is -2.34. The molecule has 0 bridgehead atoms. The van der Waals surface area contributed by atoms with Gasteiger partial charge in [-0.2, -0.15) is 0 Å². The Morgan fingerprint density at radius 1 is 1.27 bits per heavy atom. The van der Waals surface area contributed by atoms with E-state index in [4.69, 9.17) is 0 Å². The third kappa shape index (κ3) is 3.19. The molecule has 1 unspecified atom stereocenters. The quantitative estimate of drug-likeness (QED) is 0.934. The molecule has 1 saturated heterocycles. The number of likely N-dealkylation sites (tertiary alicyclic amines) is 1. The van der Waals surface area contributed by atoms with Gasteiger partial charge in [0.05, 0.1) is 17.9 Å². The number of anilines is 2. The van der Waals surface area contributed by atoms with Crippen molar-refractivity contribution in [1.29, 1.82) is 0 Å². The molecule has 0 spiro atoms. The summed E-state index contributed by atoms with van der Waals surface area (Å²) in [6.45, 7) is 2.40. The maximum atomic E-state index is 11.8. The van der Waals surface area contributed by atoms with Crippen LogP contribution in [0.2, 0.25) is 0 Å². The van der Waals surface area contributed by atoms with E-state index in [0.717, 1.165) is 31.5 Å². The summed E-state index contributed by atoms with van der Waals surface area (Å²) in [6, 6.07) is 1.89. The summed E-state index contributed by atoms with van der Waals surface area (Å²) in [5.74, 6) is 1.14. The molecule has 2 aromatic heterocycles. The zero-order valence-electron chi connectivity index (χ0n) is 12.4. The van der Waals surface area contributed by atoms with Crippen molar-refractivity contribution in [3.8, 4) is 0 Å². The van der Waals surface area contributed by atoms with E-state index in [0.29, 0.717) is 11.8 Å². The highest BCUT2D eigenvalue weighted by atomic mass is 16.2. The molecule has 0 saturated carbocycles. The smallest absolute Gasteiger partial charge is 0.228 e. The molecule has 1 fully saturated rings. The Kier molecular flexibility index (Phi) is 4.22. The van der Waals surface area contributed by atoms with Crippen molar-refractivity contribution < 1.29 is 4.79 Å². The molecule has 7 nitrogen and oxygen atoms in total. The number of aromatic nitrogens is 4. The Hall–Kier alpha value is -2.57. The zero-order valence-corrected chi connectivity index (χ0v) is 12.4. The van der Waals surface area contributed by atoms with Crippen LogP contribution in [0.15, 0.2) is 30.9 Å². The van der Waals surface area contributed by atoms with Crippen LogP contribution >= 0.6 is 0 Å². The molecule has 0 aliphatic carbocycles. The first kappa shape index (κ1) is 14.4. The normalized spacial score (nSPS) is 18.0. The van der Waals surface area contributed by atoms with Gasteiger partial charge >= 0.3 is 0 Å². The molecule has 1 aliphatic heterocycles. The molecule has 1 amide bonds. The zero-order chi connectivity index (χ0) is 15.4. The van der Waals surface area contributed by atoms with Crippen molar-refractivity contribution in [3.63, 3.8) is 0 Å². The van der Waals surface area contributed by atoms with Crippen LogP contribution in [0.1, 0.15) is 37.9 Å². The highest BCUT2D eigenvalue weighted by molar-refractivity contribution is 5.73. The van der Waals surface area contributed by atoms with Crippen molar-refractivity contribution in [2.75, 3.05) is 11.9 Å². The minimum absolute atomic E-state index is 0.0247. The Morgan fingerprint density at radius 2 is 2.18 bits per heavy atom. The average Bonchev–Trinajstić information content (AvgIpc) is 2.56. The van der Waals surface area contributed by atoms with Crippen molar-refractivity contribution in [3.05, 3.63) is 36.5 Å². The van der Waals surface area contributed by atoms with Gasteiger partial charge in [-0.3, -0.25) is 9.78 Å². The first-order valence-corrected chi connectivity index (χ1v) is 7.37. The lowest BCUT2D eigenvalue weighted by molar-refractivity contribution is -0.132.